The number of nitrogens with one attached hydrogen (secondary N) is 2. The molecule has 23 heavy (non-hydrogen) atoms. The number of carbonyl (C=O) groups is 1. The molecule has 3 N–H and O–H groups in total. The van der Waals surface area contributed by atoms with Gasteiger partial charge in [0.1, 0.15) is 5.69 Å². The van der Waals surface area contributed by atoms with E-state index in [0.29, 0.717) is 19.0 Å². The predicted octanol–water partition coefficient (Wildman–Crippen LogP) is 1.91. The monoisotopic (exact) mass is 335 g/mol. The van der Waals surface area contributed by atoms with Crippen LogP contribution < -0.4 is 10.6 Å². The Kier molecular flexibility index (Phi) is 6.76. The van der Waals surface area contributed by atoms with Crippen molar-refractivity contribution in [3.8, 4) is 0 Å². The number of amides is 1. The van der Waals surface area contributed by atoms with Crippen LogP contribution in [-0.2, 0) is 11.0 Å². The minimum atomic E-state index is -4.67. The number of halogens is 3. The van der Waals surface area contributed by atoms with Gasteiger partial charge in [0.05, 0.1) is 10.5 Å². The van der Waals surface area contributed by atoms with E-state index >= 15 is 0 Å². The largest absolute Gasteiger partial charge is 0.416 e. The molecule has 0 aliphatic rings. The van der Waals surface area contributed by atoms with Gasteiger partial charge in [-0.05, 0) is 18.6 Å². The molecular formula is C13H16F3N3O4. The topological polar surface area (TPSA) is 104 Å². The van der Waals surface area contributed by atoms with Gasteiger partial charge in [0.2, 0.25) is 5.91 Å². The zero-order valence-corrected chi connectivity index (χ0v) is 12.0. The van der Waals surface area contributed by atoms with Crippen molar-refractivity contribution in [2.45, 2.75) is 19.0 Å². The summed E-state index contributed by atoms with van der Waals surface area (Å²) in [5, 5.41) is 24.5. The lowest BCUT2D eigenvalue weighted by Gasteiger charge is -2.10. The van der Waals surface area contributed by atoms with Gasteiger partial charge >= 0.3 is 6.18 Å². The molecule has 1 amide bonds. The molecule has 1 aromatic rings. The van der Waals surface area contributed by atoms with Crippen molar-refractivity contribution >= 4 is 17.3 Å². The summed E-state index contributed by atoms with van der Waals surface area (Å²) in [5.41, 5.74) is -1.91. The highest BCUT2D eigenvalue weighted by Crippen LogP contribution is 2.34. The molecule has 7 nitrogen and oxygen atoms in total. The first kappa shape index (κ1) is 18.7. The molecule has 128 valence electrons. The Hall–Kier alpha value is -2.36. The Balaban J connectivity index is 2.66. The minimum Gasteiger partial charge on any atom is -0.396 e. The van der Waals surface area contributed by atoms with Crippen molar-refractivity contribution in [2.24, 2.45) is 0 Å². The molecule has 0 aliphatic heterocycles. The average molecular weight is 335 g/mol. The number of hydrogen-bond acceptors (Lipinski definition) is 5. The molecule has 0 saturated carbocycles. The van der Waals surface area contributed by atoms with E-state index in [1.165, 1.54) is 0 Å². The molecule has 0 fully saturated rings. The molecule has 0 heterocycles. The summed E-state index contributed by atoms with van der Waals surface area (Å²) in [6.45, 7) is 0.267. The minimum absolute atomic E-state index is 0.0103. The fraction of sp³-hybridized carbons (Fsp3) is 0.462. The first-order valence-electron chi connectivity index (χ1n) is 6.72. The molecule has 0 atom stereocenters. The van der Waals surface area contributed by atoms with Crippen molar-refractivity contribution in [3.05, 3.63) is 33.9 Å². The molecule has 0 spiro atoms. The SMILES string of the molecule is O=C(CCNc1ccc(C(F)(F)F)cc1[N+](=O)[O-])NCCCO. The number of carbonyl (C=O) groups excluding carboxylic acids is 1. The van der Waals surface area contributed by atoms with E-state index in [-0.39, 0.29) is 31.2 Å². The lowest BCUT2D eigenvalue weighted by molar-refractivity contribution is -0.384. The van der Waals surface area contributed by atoms with Gasteiger partial charge in [-0.2, -0.15) is 13.2 Å². The van der Waals surface area contributed by atoms with Gasteiger partial charge in [-0.3, -0.25) is 14.9 Å². The maximum atomic E-state index is 12.6. The number of aliphatic hydroxyl groups is 1. The summed E-state index contributed by atoms with van der Waals surface area (Å²) >= 11 is 0. The van der Waals surface area contributed by atoms with Gasteiger partial charge in [0, 0.05) is 32.2 Å². The van der Waals surface area contributed by atoms with E-state index in [1.54, 1.807) is 0 Å². The predicted molar refractivity (Wildman–Crippen MR) is 75.9 cm³/mol. The van der Waals surface area contributed by atoms with Crippen LogP contribution >= 0.6 is 0 Å². The summed E-state index contributed by atoms with van der Waals surface area (Å²) < 4.78 is 37.7. The normalized spacial score (nSPS) is 11.1. The summed E-state index contributed by atoms with van der Waals surface area (Å²) in [7, 11) is 0. The summed E-state index contributed by atoms with van der Waals surface area (Å²) in [6, 6.07) is 2.14. The smallest absolute Gasteiger partial charge is 0.396 e. The van der Waals surface area contributed by atoms with E-state index < -0.39 is 22.4 Å². The summed E-state index contributed by atoms with van der Waals surface area (Å²) in [5.74, 6) is -0.333. The van der Waals surface area contributed by atoms with E-state index in [9.17, 15) is 28.1 Å². The average Bonchev–Trinajstić information content (AvgIpc) is 2.46. The van der Waals surface area contributed by atoms with Crippen LogP contribution in [0.25, 0.3) is 0 Å². The number of nitrogens with zero attached hydrogens (tertiary/aromatic N) is 1. The number of nitro groups is 1. The Morgan fingerprint density at radius 2 is 2.00 bits per heavy atom. The molecule has 0 bridgehead atoms. The van der Waals surface area contributed by atoms with Crippen molar-refractivity contribution in [1.82, 2.24) is 5.32 Å². The van der Waals surface area contributed by atoms with Crippen LogP contribution in [0.1, 0.15) is 18.4 Å². The number of rotatable bonds is 8. The maximum Gasteiger partial charge on any atom is 0.416 e. The lowest BCUT2D eigenvalue weighted by Crippen LogP contribution is -2.26. The molecule has 0 saturated heterocycles. The van der Waals surface area contributed by atoms with Crippen LogP contribution in [0.5, 0.6) is 0 Å². The van der Waals surface area contributed by atoms with Crippen molar-refractivity contribution in [3.63, 3.8) is 0 Å². The number of anilines is 1. The van der Waals surface area contributed by atoms with Gasteiger partial charge in [0.15, 0.2) is 0 Å². The molecule has 1 rings (SSSR count). The Morgan fingerprint density at radius 1 is 1.30 bits per heavy atom. The molecule has 10 heteroatoms. The first-order chi connectivity index (χ1) is 10.8. The highest BCUT2D eigenvalue weighted by Gasteiger charge is 2.32. The second kappa shape index (κ2) is 8.32. The Morgan fingerprint density at radius 3 is 2.57 bits per heavy atom. The fourth-order valence-corrected chi connectivity index (χ4v) is 1.71. The first-order valence-corrected chi connectivity index (χ1v) is 6.72. The van der Waals surface area contributed by atoms with Gasteiger partial charge in [-0.1, -0.05) is 0 Å². The number of alkyl halides is 3. The Bertz CT molecular complexity index is 564. The third-order valence-corrected chi connectivity index (χ3v) is 2.85. The Labute approximate surface area is 129 Å². The highest BCUT2D eigenvalue weighted by atomic mass is 19.4. The fourth-order valence-electron chi connectivity index (χ4n) is 1.71. The second-order valence-corrected chi connectivity index (χ2v) is 4.59. The molecule has 1 aromatic carbocycles. The standard InChI is InChI=1S/C13H16F3N3O4/c14-13(15,16)9-2-3-10(11(8-9)19(22)23)17-6-4-12(21)18-5-1-7-20/h2-3,8,17,20H,1,4-7H2,(H,18,21). The van der Waals surface area contributed by atoms with E-state index in [2.05, 4.69) is 10.6 Å². The second-order valence-electron chi connectivity index (χ2n) is 4.59. The molecule has 0 aliphatic carbocycles. The van der Waals surface area contributed by atoms with E-state index in [1.807, 2.05) is 0 Å². The molecule has 0 radical (unpaired) electrons. The zero-order valence-electron chi connectivity index (χ0n) is 12.0. The molecule has 0 unspecified atom stereocenters. The van der Waals surface area contributed by atoms with Crippen LogP contribution in [0, 0.1) is 10.1 Å². The third-order valence-electron chi connectivity index (χ3n) is 2.85. The van der Waals surface area contributed by atoms with Crippen molar-refractivity contribution < 1.29 is 28.0 Å². The van der Waals surface area contributed by atoms with Gasteiger partial charge < -0.3 is 15.7 Å². The van der Waals surface area contributed by atoms with Gasteiger partial charge in [-0.25, -0.2) is 0 Å². The molecular weight excluding hydrogens is 319 g/mol. The quantitative estimate of drug-likeness (QED) is 0.382. The van der Waals surface area contributed by atoms with Crippen molar-refractivity contribution in [1.29, 1.82) is 0 Å². The maximum absolute atomic E-state index is 12.6. The van der Waals surface area contributed by atoms with Gasteiger partial charge in [0.25, 0.3) is 5.69 Å². The number of nitro benzene ring substituents is 1. The van der Waals surface area contributed by atoms with Crippen LogP contribution in [0.2, 0.25) is 0 Å². The zero-order chi connectivity index (χ0) is 17.5. The van der Waals surface area contributed by atoms with Crippen LogP contribution in [0.4, 0.5) is 24.5 Å². The van der Waals surface area contributed by atoms with Gasteiger partial charge in [-0.15, -0.1) is 0 Å². The van der Waals surface area contributed by atoms with Crippen LogP contribution in [0.3, 0.4) is 0 Å². The number of hydrogen-bond donors (Lipinski definition) is 3. The highest BCUT2D eigenvalue weighted by molar-refractivity contribution is 5.76. The molecule has 0 aromatic heterocycles. The summed E-state index contributed by atoms with van der Waals surface area (Å²) in [6.07, 6.45) is -4.27. The summed E-state index contributed by atoms with van der Waals surface area (Å²) in [4.78, 5) is 21.3. The van der Waals surface area contributed by atoms with Crippen LogP contribution in [0.15, 0.2) is 18.2 Å². The number of benzene rings is 1. The lowest BCUT2D eigenvalue weighted by atomic mass is 10.1. The third kappa shape index (κ3) is 6.10. The van der Waals surface area contributed by atoms with Crippen molar-refractivity contribution in [2.75, 3.05) is 25.0 Å². The van der Waals surface area contributed by atoms with E-state index in [4.69, 9.17) is 5.11 Å². The van der Waals surface area contributed by atoms with E-state index in [0.717, 1.165) is 12.1 Å². The van der Waals surface area contributed by atoms with Crippen LogP contribution in [-0.4, -0.2) is 35.6 Å². The number of aliphatic hydroxyl groups excluding tert-OH is 1.